The molecule has 4 nitrogen and oxygen atoms in total. The number of para-hydroxylation sites is 1. The molecule has 3 aromatic rings. The van der Waals surface area contributed by atoms with Crippen molar-refractivity contribution >= 4 is 16.6 Å². The Morgan fingerprint density at radius 3 is 2.62 bits per heavy atom. The van der Waals surface area contributed by atoms with Crippen LogP contribution in [0.25, 0.3) is 10.9 Å². The molecule has 0 saturated carbocycles. The average Bonchev–Trinajstić information content (AvgIpc) is 3.11. The van der Waals surface area contributed by atoms with E-state index in [9.17, 15) is 0 Å². The molecular formula is C22H22N4. The fraction of sp³-hybridized carbons (Fsp3) is 0.227. The Labute approximate surface area is 154 Å². The zero-order valence-corrected chi connectivity index (χ0v) is 14.7. The topological polar surface area (TPSA) is 46.1 Å². The zero-order chi connectivity index (χ0) is 17.8. The van der Waals surface area contributed by atoms with Crippen molar-refractivity contribution < 1.29 is 0 Å². The summed E-state index contributed by atoms with van der Waals surface area (Å²) in [4.78, 5) is 8.11. The first-order chi connectivity index (χ1) is 12.8. The van der Waals surface area contributed by atoms with Crippen LogP contribution >= 0.6 is 0 Å². The highest BCUT2D eigenvalue weighted by atomic mass is 15.3. The lowest BCUT2D eigenvalue weighted by Crippen LogP contribution is -2.44. The molecule has 4 heteroatoms. The molecule has 0 aliphatic carbocycles. The Morgan fingerprint density at radius 2 is 1.85 bits per heavy atom. The van der Waals surface area contributed by atoms with E-state index in [-0.39, 0.29) is 0 Å². The van der Waals surface area contributed by atoms with E-state index in [2.05, 4.69) is 63.5 Å². The fourth-order valence-corrected chi connectivity index (χ4v) is 3.51. The Balaban J connectivity index is 1.36. The molecule has 0 unspecified atom stereocenters. The number of nitrogens with zero attached hydrogens (tertiary/aromatic N) is 3. The number of hydrogen-bond acceptors (Lipinski definition) is 3. The summed E-state index contributed by atoms with van der Waals surface area (Å²) in [6.45, 7) is 4.18. The second kappa shape index (κ2) is 7.37. The van der Waals surface area contributed by atoms with Gasteiger partial charge in [0.1, 0.15) is 0 Å². The lowest BCUT2D eigenvalue weighted by atomic mass is 10.1. The van der Waals surface area contributed by atoms with E-state index in [1.54, 1.807) is 0 Å². The van der Waals surface area contributed by atoms with Crippen molar-refractivity contribution in [3.8, 4) is 6.07 Å². The van der Waals surface area contributed by atoms with Gasteiger partial charge in [0.15, 0.2) is 0 Å². The van der Waals surface area contributed by atoms with E-state index in [4.69, 9.17) is 5.26 Å². The maximum Gasteiger partial charge on any atom is 0.0991 e. The van der Waals surface area contributed by atoms with Gasteiger partial charge in [0.05, 0.1) is 11.6 Å². The van der Waals surface area contributed by atoms with Gasteiger partial charge in [-0.1, -0.05) is 24.3 Å². The summed E-state index contributed by atoms with van der Waals surface area (Å²) in [6, 6.07) is 18.6. The van der Waals surface area contributed by atoms with Crippen molar-refractivity contribution in [2.45, 2.75) is 6.42 Å². The number of hydrogen-bond donors (Lipinski definition) is 1. The van der Waals surface area contributed by atoms with Crippen LogP contribution in [-0.2, 0) is 6.42 Å². The molecule has 1 saturated heterocycles. The molecule has 2 aromatic carbocycles. The minimum absolute atomic E-state index is 0.708. The van der Waals surface area contributed by atoms with E-state index in [1.165, 1.54) is 11.3 Å². The summed E-state index contributed by atoms with van der Waals surface area (Å²) in [6.07, 6.45) is 7.35. The van der Waals surface area contributed by atoms with Crippen molar-refractivity contribution in [2.75, 3.05) is 31.1 Å². The van der Waals surface area contributed by atoms with Gasteiger partial charge in [-0.3, -0.25) is 0 Å². The number of allylic oxidation sites excluding steroid dienone is 1. The Kier molecular flexibility index (Phi) is 4.61. The lowest BCUT2D eigenvalue weighted by Gasteiger charge is -2.35. The number of rotatable bonds is 4. The van der Waals surface area contributed by atoms with Crippen molar-refractivity contribution in [2.24, 2.45) is 0 Å². The van der Waals surface area contributed by atoms with Crippen molar-refractivity contribution in [3.63, 3.8) is 0 Å². The van der Waals surface area contributed by atoms with Gasteiger partial charge in [-0.2, -0.15) is 5.26 Å². The van der Waals surface area contributed by atoms with E-state index in [0.717, 1.165) is 43.5 Å². The predicted octanol–water partition coefficient (Wildman–Crippen LogP) is 3.92. The largest absolute Gasteiger partial charge is 0.374 e. The van der Waals surface area contributed by atoms with Crippen LogP contribution in [0, 0.1) is 11.3 Å². The van der Waals surface area contributed by atoms with Crippen LogP contribution in [0.2, 0.25) is 0 Å². The van der Waals surface area contributed by atoms with Crippen molar-refractivity contribution in [1.82, 2.24) is 9.88 Å². The van der Waals surface area contributed by atoms with Crippen LogP contribution in [0.5, 0.6) is 0 Å². The third-order valence-electron chi connectivity index (χ3n) is 4.99. The smallest absolute Gasteiger partial charge is 0.0991 e. The van der Waals surface area contributed by atoms with Gasteiger partial charge in [0, 0.05) is 49.0 Å². The molecule has 1 fully saturated rings. The van der Waals surface area contributed by atoms with Crippen LogP contribution in [-0.4, -0.2) is 36.1 Å². The van der Waals surface area contributed by atoms with Crippen LogP contribution in [0.15, 0.2) is 67.0 Å². The molecule has 26 heavy (non-hydrogen) atoms. The zero-order valence-electron chi connectivity index (χ0n) is 14.7. The fourth-order valence-electron chi connectivity index (χ4n) is 3.51. The molecule has 1 aromatic heterocycles. The average molecular weight is 342 g/mol. The molecule has 0 radical (unpaired) electrons. The predicted molar refractivity (Wildman–Crippen MR) is 106 cm³/mol. The van der Waals surface area contributed by atoms with Crippen molar-refractivity contribution in [3.05, 3.63) is 78.1 Å². The SMILES string of the molecule is N#Cc1ccc2[nH]cc(CC=CN3CCN(c4ccccc4)CC3)c2c1. The van der Waals surface area contributed by atoms with Crippen LogP contribution in [0.4, 0.5) is 5.69 Å². The lowest BCUT2D eigenvalue weighted by molar-refractivity contribution is 0.348. The minimum atomic E-state index is 0.708. The molecule has 4 rings (SSSR count). The normalized spacial score (nSPS) is 14.9. The van der Waals surface area contributed by atoms with Crippen LogP contribution < -0.4 is 4.90 Å². The number of nitrogens with one attached hydrogen (secondary N) is 1. The molecule has 1 N–H and O–H groups in total. The van der Waals surface area contributed by atoms with Gasteiger partial charge in [-0.15, -0.1) is 0 Å². The van der Waals surface area contributed by atoms with Gasteiger partial charge in [0.25, 0.3) is 0 Å². The number of fused-ring (bicyclic) bond motifs is 1. The maximum atomic E-state index is 9.09. The third kappa shape index (κ3) is 3.43. The van der Waals surface area contributed by atoms with Gasteiger partial charge in [-0.25, -0.2) is 0 Å². The van der Waals surface area contributed by atoms with Gasteiger partial charge < -0.3 is 14.8 Å². The molecule has 130 valence electrons. The number of aromatic amines is 1. The quantitative estimate of drug-likeness (QED) is 0.782. The molecule has 0 spiro atoms. The van der Waals surface area contributed by atoms with Gasteiger partial charge in [-0.05, 0) is 48.5 Å². The van der Waals surface area contributed by atoms with Crippen molar-refractivity contribution in [1.29, 1.82) is 5.26 Å². The second-order valence-corrected chi connectivity index (χ2v) is 6.63. The van der Waals surface area contributed by atoms with Crippen LogP contribution in [0.1, 0.15) is 11.1 Å². The molecule has 0 atom stereocenters. The Morgan fingerprint density at radius 1 is 1.04 bits per heavy atom. The highest BCUT2D eigenvalue weighted by Crippen LogP contribution is 2.21. The van der Waals surface area contributed by atoms with E-state index in [1.807, 2.05) is 24.4 Å². The Bertz CT molecular complexity index is 941. The number of nitriles is 1. The number of anilines is 1. The highest BCUT2D eigenvalue weighted by molar-refractivity contribution is 5.84. The molecular weight excluding hydrogens is 320 g/mol. The summed E-state index contributed by atoms with van der Waals surface area (Å²) >= 11 is 0. The highest BCUT2D eigenvalue weighted by Gasteiger charge is 2.14. The number of benzene rings is 2. The molecule has 0 amide bonds. The number of aromatic nitrogens is 1. The third-order valence-corrected chi connectivity index (χ3v) is 4.99. The minimum Gasteiger partial charge on any atom is -0.374 e. The number of piperazine rings is 1. The molecule has 0 bridgehead atoms. The molecule has 2 heterocycles. The van der Waals surface area contributed by atoms with Crippen LogP contribution in [0.3, 0.4) is 0 Å². The monoisotopic (exact) mass is 342 g/mol. The first-order valence-electron chi connectivity index (χ1n) is 9.04. The van der Waals surface area contributed by atoms with Gasteiger partial charge in [0.2, 0.25) is 0 Å². The molecule has 1 aliphatic heterocycles. The summed E-state index contributed by atoms with van der Waals surface area (Å²) in [5.41, 5.74) is 4.34. The summed E-state index contributed by atoms with van der Waals surface area (Å²) in [5.74, 6) is 0. The first-order valence-corrected chi connectivity index (χ1v) is 9.04. The summed E-state index contributed by atoms with van der Waals surface area (Å²) in [5, 5.41) is 10.2. The summed E-state index contributed by atoms with van der Waals surface area (Å²) in [7, 11) is 0. The second-order valence-electron chi connectivity index (χ2n) is 6.63. The summed E-state index contributed by atoms with van der Waals surface area (Å²) < 4.78 is 0. The van der Waals surface area contributed by atoms with E-state index < -0.39 is 0 Å². The standard InChI is InChI=1S/C22H22N4/c23-16-18-8-9-22-21(15-18)19(17-24-22)5-4-10-25-11-13-26(14-12-25)20-6-2-1-3-7-20/h1-4,6-10,15,17,24H,5,11-14H2. The number of H-pyrrole nitrogens is 1. The van der Waals surface area contributed by atoms with E-state index >= 15 is 0 Å². The maximum absolute atomic E-state index is 9.09. The molecule has 1 aliphatic rings. The van der Waals surface area contributed by atoms with E-state index in [0.29, 0.717) is 5.56 Å². The first kappa shape index (κ1) is 16.3. The van der Waals surface area contributed by atoms with Gasteiger partial charge >= 0.3 is 0 Å². The Hall–Kier alpha value is -3.19.